The lowest BCUT2D eigenvalue weighted by molar-refractivity contribution is -0.156. The smallest absolute Gasteiger partial charge is 0.311 e. The van der Waals surface area contributed by atoms with Gasteiger partial charge < -0.3 is 14.2 Å². The number of esters is 1. The Hall–Kier alpha value is -3.60. The van der Waals surface area contributed by atoms with Crippen LogP contribution in [-0.4, -0.2) is 25.0 Å². The molecule has 2 unspecified atom stereocenters. The van der Waals surface area contributed by atoms with Crippen LogP contribution in [0.25, 0.3) is 0 Å². The number of carbonyl (C=O) groups excluding carboxylic acids is 2. The third-order valence-corrected chi connectivity index (χ3v) is 8.34. The quantitative estimate of drug-likeness (QED) is 0.178. The van der Waals surface area contributed by atoms with Gasteiger partial charge >= 0.3 is 5.97 Å². The van der Waals surface area contributed by atoms with E-state index in [-0.39, 0.29) is 18.5 Å². The summed E-state index contributed by atoms with van der Waals surface area (Å²) in [6, 6.07) is 27.6. The molecule has 0 spiro atoms. The minimum absolute atomic E-state index is 0.150. The van der Waals surface area contributed by atoms with Gasteiger partial charge in [-0.05, 0) is 87.3 Å². The molecule has 1 aliphatic rings. The fourth-order valence-electron chi connectivity index (χ4n) is 5.20. The number of ketones is 1. The van der Waals surface area contributed by atoms with E-state index in [0.29, 0.717) is 37.8 Å². The Morgan fingerprint density at radius 1 is 0.683 bits per heavy atom. The number of benzene rings is 3. The Morgan fingerprint density at radius 3 is 1.71 bits per heavy atom. The molecule has 2 atom stereocenters. The lowest BCUT2D eigenvalue weighted by Crippen LogP contribution is -2.42. The van der Waals surface area contributed by atoms with E-state index in [1.165, 1.54) is 5.56 Å². The molecular weight excluding hydrogens is 512 g/mol. The summed E-state index contributed by atoms with van der Waals surface area (Å²) in [6.07, 6.45) is 4.31. The van der Waals surface area contributed by atoms with E-state index >= 15 is 0 Å². The van der Waals surface area contributed by atoms with E-state index in [2.05, 4.69) is 24.3 Å². The van der Waals surface area contributed by atoms with Gasteiger partial charge in [-0.25, -0.2) is 0 Å². The van der Waals surface area contributed by atoms with Gasteiger partial charge in [-0.15, -0.1) is 0 Å². The summed E-state index contributed by atoms with van der Waals surface area (Å²) in [6.45, 7) is 9.00. The molecule has 0 saturated heterocycles. The number of ether oxygens (including phenoxy) is 3. The summed E-state index contributed by atoms with van der Waals surface area (Å²) < 4.78 is 17.4. The van der Waals surface area contributed by atoms with E-state index in [1.807, 2.05) is 88.4 Å². The molecule has 218 valence electrons. The topological polar surface area (TPSA) is 61.8 Å². The average Bonchev–Trinajstić information content (AvgIpc) is 2.96. The molecule has 1 saturated carbocycles. The van der Waals surface area contributed by atoms with Crippen LogP contribution in [0.4, 0.5) is 0 Å². The highest BCUT2D eigenvalue weighted by molar-refractivity contribution is 5.87. The normalized spacial score (nSPS) is 16.9. The fraction of sp³-hybridized carbons (Fsp3) is 0.444. The molecule has 41 heavy (non-hydrogen) atoms. The summed E-state index contributed by atoms with van der Waals surface area (Å²) >= 11 is 0. The van der Waals surface area contributed by atoms with Crippen molar-refractivity contribution in [2.45, 2.75) is 66.4 Å². The lowest BCUT2D eigenvalue weighted by Gasteiger charge is -2.40. The van der Waals surface area contributed by atoms with Crippen molar-refractivity contribution in [2.24, 2.45) is 22.7 Å². The minimum atomic E-state index is -0.650. The maximum absolute atomic E-state index is 13.3. The minimum Gasteiger partial charge on any atom is -0.494 e. The summed E-state index contributed by atoms with van der Waals surface area (Å²) in [5.74, 6) is 2.19. The molecule has 5 nitrogen and oxygen atoms in total. The van der Waals surface area contributed by atoms with Crippen LogP contribution in [-0.2, 0) is 27.4 Å². The Bertz CT molecular complexity index is 1250. The van der Waals surface area contributed by atoms with Crippen molar-refractivity contribution < 1.29 is 23.8 Å². The zero-order valence-corrected chi connectivity index (χ0v) is 24.9. The predicted octanol–water partition coefficient (Wildman–Crippen LogP) is 7.86. The van der Waals surface area contributed by atoms with Crippen LogP contribution in [0.2, 0.25) is 0 Å². The maximum Gasteiger partial charge on any atom is 0.311 e. The second kappa shape index (κ2) is 13.8. The first kappa shape index (κ1) is 30.4. The lowest BCUT2D eigenvalue weighted by atomic mass is 9.63. The molecule has 0 radical (unpaired) electrons. The number of hydrogen-bond donors (Lipinski definition) is 0. The summed E-state index contributed by atoms with van der Waals surface area (Å²) in [5.41, 5.74) is 1.21. The van der Waals surface area contributed by atoms with Gasteiger partial charge in [-0.3, -0.25) is 9.59 Å². The third-order valence-electron chi connectivity index (χ3n) is 8.34. The Morgan fingerprint density at radius 2 is 1.20 bits per heavy atom. The molecule has 1 fully saturated rings. The number of Topliss-reactive ketones (excluding diaryl/α,β-unsaturated/α-hetero) is 1. The van der Waals surface area contributed by atoms with Gasteiger partial charge in [0.1, 0.15) is 23.9 Å². The first-order valence-corrected chi connectivity index (χ1v) is 14.8. The van der Waals surface area contributed by atoms with Gasteiger partial charge in [-0.2, -0.15) is 0 Å². The van der Waals surface area contributed by atoms with Crippen molar-refractivity contribution in [1.29, 1.82) is 0 Å². The number of hydrogen-bond acceptors (Lipinski definition) is 5. The SMILES string of the molecule is CC(C)(CCOc1ccc(OCCC(C)(C)C(=O)C2CCC2Cc2ccccc2)cc1)C(=O)OCc1ccccc1. The average molecular weight is 557 g/mol. The van der Waals surface area contributed by atoms with E-state index in [4.69, 9.17) is 14.2 Å². The first-order chi connectivity index (χ1) is 19.6. The molecule has 0 heterocycles. The first-order valence-electron chi connectivity index (χ1n) is 14.8. The molecule has 1 aliphatic carbocycles. The Labute approximate surface area is 245 Å². The molecule has 0 aromatic heterocycles. The third kappa shape index (κ3) is 8.69. The monoisotopic (exact) mass is 556 g/mol. The standard InChI is InChI=1S/C36H44O5/c1-35(2,33(37)32-20-15-29(32)25-27-11-7-5-8-12-27)21-23-39-30-16-18-31(19-17-30)40-24-22-36(3,4)34(38)41-26-28-13-9-6-10-14-28/h5-14,16-19,29,32H,15,20-26H2,1-4H3. The second-order valence-electron chi connectivity index (χ2n) is 12.5. The van der Waals surface area contributed by atoms with Gasteiger partial charge in [0.2, 0.25) is 0 Å². The largest absolute Gasteiger partial charge is 0.494 e. The van der Waals surface area contributed by atoms with Crippen LogP contribution in [0.1, 0.15) is 64.5 Å². The van der Waals surface area contributed by atoms with Crippen molar-refractivity contribution in [3.63, 3.8) is 0 Å². The summed E-state index contributed by atoms with van der Waals surface area (Å²) in [4.78, 5) is 25.9. The van der Waals surface area contributed by atoms with Gasteiger partial charge in [0, 0.05) is 11.3 Å². The highest BCUT2D eigenvalue weighted by atomic mass is 16.5. The van der Waals surface area contributed by atoms with E-state index < -0.39 is 10.8 Å². The molecule has 0 N–H and O–H groups in total. The molecule has 0 amide bonds. The highest BCUT2D eigenvalue weighted by Gasteiger charge is 2.42. The zero-order valence-electron chi connectivity index (χ0n) is 24.9. The van der Waals surface area contributed by atoms with Crippen molar-refractivity contribution >= 4 is 11.8 Å². The van der Waals surface area contributed by atoms with E-state index in [0.717, 1.165) is 36.3 Å². The summed E-state index contributed by atoms with van der Waals surface area (Å²) in [7, 11) is 0. The highest BCUT2D eigenvalue weighted by Crippen LogP contribution is 2.42. The predicted molar refractivity (Wildman–Crippen MR) is 162 cm³/mol. The Kier molecular flexibility index (Phi) is 10.3. The van der Waals surface area contributed by atoms with E-state index in [9.17, 15) is 9.59 Å². The van der Waals surface area contributed by atoms with Crippen LogP contribution in [0.3, 0.4) is 0 Å². The summed E-state index contributed by atoms with van der Waals surface area (Å²) in [5, 5.41) is 0. The van der Waals surface area contributed by atoms with Gasteiger partial charge in [0.05, 0.1) is 18.6 Å². The van der Waals surface area contributed by atoms with Crippen LogP contribution in [0.15, 0.2) is 84.9 Å². The molecule has 4 rings (SSSR count). The van der Waals surface area contributed by atoms with Crippen LogP contribution in [0, 0.1) is 22.7 Å². The van der Waals surface area contributed by atoms with Crippen molar-refractivity contribution in [3.05, 3.63) is 96.1 Å². The number of carbonyl (C=O) groups is 2. The molecule has 3 aromatic rings. The molecule has 3 aromatic carbocycles. The maximum atomic E-state index is 13.3. The van der Waals surface area contributed by atoms with Crippen LogP contribution >= 0.6 is 0 Å². The van der Waals surface area contributed by atoms with Crippen molar-refractivity contribution in [1.82, 2.24) is 0 Å². The molecular formula is C36H44O5. The fourth-order valence-corrected chi connectivity index (χ4v) is 5.20. The van der Waals surface area contributed by atoms with Crippen molar-refractivity contribution in [3.8, 4) is 11.5 Å². The number of rotatable bonds is 15. The Balaban J connectivity index is 1.16. The van der Waals surface area contributed by atoms with Gasteiger partial charge in [0.15, 0.2) is 0 Å². The zero-order chi connectivity index (χ0) is 29.3. The van der Waals surface area contributed by atoms with Gasteiger partial charge in [0.25, 0.3) is 0 Å². The molecule has 0 bridgehead atoms. The van der Waals surface area contributed by atoms with Crippen LogP contribution in [0.5, 0.6) is 11.5 Å². The molecule has 0 aliphatic heterocycles. The van der Waals surface area contributed by atoms with E-state index in [1.54, 1.807) is 0 Å². The molecule has 5 heteroatoms. The van der Waals surface area contributed by atoms with Crippen molar-refractivity contribution in [2.75, 3.05) is 13.2 Å². The van der Waals surface area contributed by atoms with Crippen LogP contribution < -0.4 is 9.47 Å². The van der Waals surface area contributed by atoms with Gasteiger partial charge in [-0.1, -0.05) is 74.5 Å². The second-order valence-corrected chi connectivity index (χ2v) is 12.5.